The summed E-state index contributed by atoms with van der Waals surface area (Å²) in [6, 6.07) is 30.1. The van der Waals surface area contributed by atoms with Gasteiger partial charge in [0.15, 0.2) is 0 Å². The average Bonchev–Trinajstić information content (AvgIpc) is 1.94. The molecule has 480 valence electrons. The van der Waals surface area contributed by atoms with Gasteiger partial charge >= 0.3 is 18.1 Å². The number of aromatic amines is 2. The van der Waals surface area contributed by atoms with E-state index in [-0.39, 0.29) is 52.5 Å². The van der Waals surface area contributed by atoms with Crippen molar-refractivity contribution in [3.63, 3.8) is 0 Å². The third kappa shape index (κ3) is 14.9. The number of carbonyl (C=O) groups excluding carboxylic acids is 3. The van der Waals surface area contributed by atoms with Crippen LogP contribution < -0.4 is 30.7 Å². The van der Waals surface area contributed by atoms with Crippen molar-refractivity contribution in [1.29, 1.82) is 0 Å². The van der Waals surface area contributed by atoms with Crippen molar-refractivity contribution in [3.05, 3.63) is 142 Å². The molecule has 22 heteroatoms. The topological polar surface area (TPSA) is 221 Å². The van der Waals surface area contributed by atoms with Gasteiger partial charge in [-0.25, -0.2) is 44.3 Å². The zero-order valence-corrected chi connectivity index (χ0v) is 56.2. The molecule has 6 aromatic heterocycles. The first-order valence-corrected chi connectivity index (χ1v) is 31.9. The smallest absolute Gasteiger partial charge is 0.324 e. The van der Waals surface area contributed by atoms with Crippen molar-refractivity contribution in [2.45, 2.75) is 131 Å². The van der Waals surface area contributed by atoms with Gasteiger partial charge < -0.3 is 43.9 Å². The third-order valence-corrected chi connectivity index (χ3v) is 17.7. The summed E-state index contributed by atoms with van der Waals surface area (Å²) < 4.78 is 1.92. The van der Waals surface area contributed by atoms with Crippen LogP contribution in [0.5, 0.6) is 0 Å². The van der Waals surface area contributed by atoms with E-state index in [1.807, 2.05) is 82.0 Å². The lowest BCUT2D eigenvalue weighted by molar-refractivity contribution is 0.183. The van der Waals surface area contributed by atoms with Crippen LogP contribution in [0.3, 0.4) is 0 Å². The number of hydrogen-bond donors (Lipinski definition) is 5. The van der Waals surface area contributed by atoms with E-state index in [4.69, 9.17) is 11.6 Å². The summed E-state index contributed by atoms with van der Waals surface area (Å²) in [6.07, 6.45) is 5.37. The summed E-state index contributed by atoms with van der Waals surface area (Å²) >= 11 is 6.30. The van der Waals surface area contributed by atoms with Crippen LogP contribution in [0.15, 0.2) is 110 Å². The normalized spacial score (nSPS) is 17.4. The second-order valence-electron chi connectivity index (χ2n) is 27.4. The van der Waals surface area contributed by atoms with Crippen LogP contribution in [-0.4, -0.2) is 154 Å². The number of anilines is 6. The van der Waals surface area contributed by atoms with E-state index in [9.17, 15) is 14.4 Å². The van der Waals surface area contributed by atoms with Gasteiger partial charge in [0.05, 0.1) is 38.1 Å². The maximum Gasteiger partial charge on any atom is 0.324 e. The van der Waals surface area contributed by atoms with Gasteiger partial charge in [-0.1, -0.05) is 104 Å². The van der Waals surface area contributed by atoms with Crippen LogP contribution >= 0.6 is 11.6 Å². The Balaban J connectivity index is 0.000000150. The van der Waals surface area contributed by atoms with Crippen molar-refractivity contribution in [2.24, 2.45) is 7.05 Å². The van der Waals surface area contributed by atoms with E-state index in [0.717, 1.165) is 87.9 Å². The van der Waals surface area contributed by atoms with Gasteiger partial charge in [0.2, 0.25) is 17.8 Å². The summed E-state index contributed by atoms with van der Waals surface area (Å²) in [5.74, 6) is 4.27. The number of aryl methyl sites for hydroxylation is 3. The number of rotatable bonds is 6. The highest BCUT2D eigenvalue weighted by Gasteiger charge is 2.33. The second kappa shape index (κ2) is 26.5. The molecule has 3 saturated heterocycles. The van der Waals surface area contributed by atoms with Crippen molar-refractivity contribution < 1.29 is 14.4 Å². The lowest BCUT2D eigenvalue weighted by Gasteiger charge is -2.40. The molecule has 3 aromatic carbocycles. The summed E-state index contributed by atoms with van der Waals surface area (Å²) in [4.78, 5) is 84.7. The molecule has 3 fully saturated rings. The first kappa shape index (κ1) is 65.0. The molecule has 21 nitrogen and oxygen atoms in total. The number of halogens is 1. The molecule has 91 heavy (non-hydrogen) atoms. The fraction of sp³-hybridized carbons (Fsp3) is 0.435. The first-order chi connectivity index (χ1) is 43.1. The van der Waals surface area contributed by atoms with Crippen molar-refractivity contribution >= 4 is 98.1 Å². The lowest BCUT2D eigenvalue weighted by atomic mass is 9.87. The van der Waals surface area contributed by atoms with E-state index in [0.29, 0.717) is 55.6 Å². The summed E-state index contributed by atoms with van der Waals surface area (Å²) in [5.41, 5.74) is 11.6. The van der Waals surface area contributed by atoms with E-state index in [1.54, 1.807) is 6.20 Å². The van der Waals surface area contributed by atoms with Gasteiger partial charge in [0, 0.05) is 103 Å². The minimum absolute atomic E-state index is 0.00833. The molecule has 0 radical (unpaired) electrons. The Hall–Kier alpha value is -8.98. The molecule has 12 rings (SSSR count). The summed E-state index contributed by atoms with van der Waals surface area (Å²) in [6.45, 7) is 36.1. The highest BCUT2D eigenvalue weighted by molar-refractivity contribution is 6.32. The molecule has 0 spiro atoms. The largest absolute Gasteiger partial charge is 0.353 e. The molecule has 5 N–H and O–H groups in total. The number of nitrogens with zero attached hydrogens (tertiary/aromatic N) is 13. The number of pyridine rings is 3. The molecule has 3 aliphatic heterocycles. The van der Waals surface area contributed by atoms with E-state index in [2.05, 4.69) is 215 Å². The minimum atomic E-state index is -0.145. The Kier molecular flexibility index (Phi) is 18.9. The number of nitrogens with one attached hydrogen (secondary N) is 5. The number of amides is 6. The van der Waals surface area contributed by atoms with Crippen molar-refractivity contribution in [3.8, 4) is 0 Å². The lowest BCUT2D eigenvalue weighted by Crippen LogP contribution is -2.55. The number of aromatic nitrogens is 9. The van der Waals surface area contributed by atoms with E-state index < -0.39 is 0 Å². The SMILES string of the molecule is C[C@@H]1CN(c2ncccc2Cl)CCN1C(=O)Nc1nc2cc(C(C)(C)C)ccc2n1C.Cc1cccnc1N1CCN(C(=O)Nc2nc3ccc(C(C)(C)C)cc3[nH]2)[C@H](C)C1.Cc1cccnc1N1CCN(C(=O)Nc2nc3ccc(C(C)(C)C)cc3[nH]2)[C@H](C)C1. The standard InChI is InChI=1S/C23H29ClN6O.2C23H30N6O/c1-15-14-29(20-17(24)7-6-10-25-20)11-12-30(15)22(31)27-21-26-18-13-16(23(2,3)4)8-9-19(18)28(21)5;2*1-15-7-6-10-24-20(15)28-11-12-29(16(2)14-28)22(30)27-21-25-18-9-8-17(23(3,4)5)13-19(18)26-21/h6-10,13,15H,11-12,14H2,1-5H3,(H,26,27,31);2*6-10,13,16H,11-12,14H2,1-5H3,(H2,25,26,27,30)/t15-;2*16-/m111/s1. The van der Waals surface area contributed by atoms with Gasteiger partial charge in [0.25, 0.3) is 0 Å². The fourth-order valence-corrected chi connectivity index (χ4v) is 12.2. The second-order valence-corrected chi connectivity index (χ2v) is 27.8. The van der Waals surface area contributed by atoms with Gasteiger partial charge in [-0.15, -0.1) is 0 Å². The molecule has 3 aliphatic rings. The molecule has 0 bridgehead atoms. The number of benzene rings is 3. The predicted octanol–water partition coefficient (Wildman–Crippen LogP) is 13.3. The molecule has 0 unspecified atom stereocenters. The third-order valence-electron chi connectivity index (χ3n) is 17.4. The van der Waals surface area contributed by atoms with Crippen LogP contribution in [-0.2, 0) is 23.3 Å². The number of H-pyrrole nitrogens is 2. The number of urea groups is 3. The minimum Gasteiger partial charge on any atom is -0.353 e. The van der Waals surface area contributed by atoms with Crippen LogP contribution in [0.2, 0.25) is 5.02 Å². The fourth-order valence-electron chi connectivity index (χ4n) is 11.9. The Morgan fingerprint density at radius 2 is 0.868 bits per heavy atom. The zero-order valence-electron chi connectivity index (χ0n) is 55.4. The molecule has 9 heterocycles. The van der Waals surface area contributed by atoms with Crippen LogP contribution in [0.4, 0.5) is 49.7 Å². The van der Waals surface area contributed by atoms with Gasteiger partial charge in [-0.3, -0.25) is 16.0 Å². The number of imidazole rings is 3. The highest BCUT2D eigenvalue weighted by Crippen LogP contribution is 2.32. The monoisotopic (exact) mass is 1250 g/mol. The van der Waals surface area contributed by atoms with Gasteiger partial charge in [-0.2, -0.15) is 0 Å². The Morgan fingerprint density at radius 3 is 1.27 bits per heavy atom. The van der Waals surface area contributed by atoms with Crippen LogP contribution in [0, 0.1) is 13.8 Å². The maximum absolute atomic E-state index is 13.0. The molecule has 0 saturated carbocycles. The Morgan fingerprint density at radius 1 is 0.484 bits per heavy atom. The summed E-state index contributed by atoms with van der Waals surface area (Å²) in [5, 5.41) is 9.51. The zero-order chi connectivity index (χ0) is 65.3. The molecule has 3 atom stereocenters. The first-order valence-electron chi connectivity index (χ1n) is 31.5. The Labute approximate surface area is 539 Å². The average molecular weight is 1250 g/mol. The van der Waals surface area contributed by atoms with Crippen LogP contribution in [0.1, 0.15) is 111 Å². The van der Waals surface area contributed by atoms with E-state index >= 15 is 0 Å². The molecular formula is C69H89ClN18O3. The number of hydrogen-bond acceptors (Lipinski definition) is 12. The number of fused-ring (bicyclic) bond motifs is 3. The van der Waals surface area contributed by atoms with Gasteiger partial charge in [0.1, 0.15) is 17.5 Å². The summed E-state index contributed by atoms with van der Waals surface area (Å²) in [7, 11) is 1.92. The van der Waals surface area contributed by atoms with Crippen LogP contribution in [0.25, 0.3) is 33.1 Å². The molecular weight excluding hydrogens is 1160 g/mol. The van der Waals surface area contributed by atoms with Gasteiger partial charge in [-0.05, 0) is 139 Å². The number of piperazine rings is 3. The maximum atomic E-state index is 13.0. The number of carbonyl (C=O) groups is 3. The van der Waals surface area contributed by atoms with Crippen molar-refractivity contribution in [2.75, 3.05) is 89.6 Å². The molecule has 0 aliphatic carbocycles. The molecule has 9 aromatic rings. The predicted molar refractivity (Wildman–Crippen MR) is 368 cm³/mol. The Bertz CT molecular complexity index is 3910. The quantitative estimate of drug-likeness (QED) is 0.105. The van der Waals surface area contributed by atoms with Crippen molar-refractivity contribution in [1.82, 2.24) is 59.1 Å². The highest BCUT2D eigenvalue weighted by atomic mass is 35.5. The van der Waals surface area contributed by atoms with E-state index in [1.165, 1.54) is 16.7 Å². The molecule has 6 amide bonds.